The summed E-state index contributed by atoms with van der Waals surface area (Å²) < 4.78 is 37.6. The smallest absolute Gasteiger partial charge is 0.250 e. The summed E-state index contributed by atoms with van der Waals surface area (Å²) in [5.74, 6) is -3.71. The molecular weight excluding hydrogens is 558 g/mol. The van der Waals surface area contributed by atoms with Crippen LogP contribution in [0.4, 0.5) is 8.78 Å². The van der Waals surface area contributed by atoms with Crippen molar-refractivity contribution >= 4 is 23.3 Å². The summed E-state index contributed by atoms with van der Waals surface area (Å²) in [7, 11) is 1.57. The molecule has 4 atom stereocenters. The SMILES string of the molecule is COc1ccc(CC(NC(=O)C(C)CC(=O)CN2CCC(F)(F)CC2)C(=O)CC(CC2CCCC2)C(=O)C2(C)CO2)cc1. The average Bonchev–Trinajstić information content (AvgIpc) is 3.51. The van der Waals surface area contributed by atoms with Gasteiger partial charge in [-0.2, -0.15) is 0 Å². The van der Waals surface area contributed by atoms with Gasteiger partial charge < -0.3 is 14.8 Å². The molecule has 1 aromatic rings. The summed E-state index contributed by atoms with van der Waals surface area (Å²) >= 11 is 0. The molecule has 3 aliphatic rings. The molecule has 0 bridgehead atoms. The van der Waals surface area contributed by atoms with Crippen LogP contribution in [0.15, 0.2) is 24.3 Å². The zero-order valence-corrected chi connectivity index (χ0v) is 25.7. The third kappa shape index (κ3) is 9.63. The summed E-state index contributed by atoms with van der Waals surface area (Å²) in [5, 5.41) is 2.88. The van der Waals surface area contributed by atoms with Gasteiger partial charge in [0.25, 0.3) is 5.92 Å². The van der Waals surface area contributed by atoms with E-state index in [0.29, 0.717) is 24.7 Å². The number of alkyl halides is 2. The van der Waals surface area contributed by atoms with Crippen LogP contribution in [0.3, 0.4) is 0 Å². The van der Waals surface area contributed by atoms with Gasteiger partial charge in [0.1, 0.15) is 17.1 Å². The summed E-state index contributed by atoms with van der Waals surface area (Å²) in [5.41, 5.74) is -0.0153. The van der Waals surface area contributed by atoms with Crippen LogP contribution in [0.2, 0.25) is 0 Å². The van der Waals surface area contributed by atoms with Gasteiger partial charge >= 0.3 is 0 Å². The van der Waals surface area contributed by atoms with Crippen molar-refractivity contribution < 1.29 is 37.4 Å². The molecule has 1 amide bonds. The number of piperidine rings is 1. The summed E-state index contributed by atoms with van der Waals surface area (Å²) in [6, 6.07) is 6.36. The number of epoxide rings is 1. The van der Waals surface area contributed by atoms with Crippen molar-refractivity contribution in [2.24, 2.45) is 17.8 Å². The first-order valence-electron chi connectivity index (χ1n) is 15.6. The van der Waals surface area contributed by atoms with Crippen molar-refractivity contribution in [2.45, 2.75) is 95.6 Å². The number of hydrogen-bond donors (Lipinski definition) is 1. The Labute approximate surface area is 253 Å². The summed E-state index contributed by atoms with van der Waals surface area (Å²) in [4.78, 5) is 54.9. The van der Waals surface area contributed by atoms with Crippen molar-refractivity contribution in [1.29, 1.82) is 0 Å². The van der Waals surface area contributed by atoms with E-state index in [0.717, 1.165) is 31.2 Å². The lowest BCUT2D eigenvalue weighted by molar-refractivity contribution is -0.134. The Kier molecular flexibility index (Phi) is 11.1. The number of carbonyl (C=O) groups excluding carboxylic acids is 4. The van der Waals surface area contributed by atoms with E-state index in [1.54, 1.807) is 38.0 Å². The molecule has 1 aliphatic carbocycles. The Morgan fingerprint density at radius 1 is 1.07 bits per heavy atom. The molecule has 238 valence electrons. The Bertz CT molecular complexity index is 1140. The maximum absolute atomic E-state index is 13.8. The molecule has 1 aromatic carbocycles. The molecule has 8 nitrogen and oxygen atoms in total. The number of nitrogens with zero attached hydrogens (tertiary/aromatic N) is 1. The third-order valence-electron chi connectivity index (χ3n) is 9.28. The second-order valence-corrected chi connectivity index (χ2v) is 13.0. The predicted octanol–water partition coefficient (Wildman–Crippen LogP) is 4.56. The maximum Gasteiger partial charge on any atom is 0.250 e. The molecule has 10 heteroatoms. The van der Waals surface area contributed by atoms with Crippen LogP contribution in [-0.2, 0) is 30.3 Å². The van der Waals surface area contributed by atoms with Crippen LogP contribution in [0.5, 0.6) is 5.75 Å². The quantitative estimate of drug-likeness (QED) is 0.276. The van der Waals surface area contributed by atoms with E-state index < -0.39 is 35.3 Å². The highest BCUT2D eigenvalue weighted by atomic mass is 19.3. The van der Waals surface area contributed by atoms with Gasteiger partial charge in [-0.15, -0.1) is 0 Å². The predicted molar refractivity (Wildman–Crippen MR) is 157 cm³/mol. The van der Waals surface area contributed by atoms with Gasteiger partial charge in [-0.05, 0) is 43.4 Å². The fraction of sp³-hybridized carbons (Fsp3) is 0.697. The molecule has 4 unspecified atom stereocenters. The number of ether oxygens (including phenoxy) is 2. The number of methoxy groups -OCH3 is 1. The summed E-state index contributed by atoms with van der Waals surface area (Å²) in [6.45, 7) is 4.06. The highest BCUT2D eigenvalue weighted by molar-refractivity contribution is 5.97. The standard InChI is InChI=1S/C33H46F2N2O6/c1-22(16-26(38)20-37-14-12-33(34,35)13-15-37)31(41)36-28(18-24-8-10-27(42-3)11-9-24)29(39)19-25(17-23-6-4-5-7-23)30(40)32(2)21-43-32/h8-11,22-23,25,28H,4-7,12-21H2,1-3H3,(H,36,41). The molecular formula is C33H46F2N2O6. The molecule has 0 spiro atoms. The fourth-order valence-electron chi connectivity index (χ4n) is 6.34. The van der Waals surface area contributed by atoms with Crippen LogP contribution in [0.25, 0.3) is 0 Å². The first kappa shape index (κ1) is 33.2. The van der Waals surface area contributed by atoms with Crippen molar-refractivity contribution in [3.63, 3.8) is 0 Å². The van der Waals surface area contributed by atoms with Crippen LogP contribution >= 0.6 is 0 Å². The monoisotopic (exact) mass is 604 g/mol. The molecule has 4 rings (SSSR count). The number of carbonyl (C=O) groups is 4. The van der Waals surface area contributed by atoms with Crippen molar-refractivity contribution in [1.82, 2.24) is 10.2 Å². The van der Waals surface area contributed by atoms with Crippen molar-refractivity contribution in [2.75, 3.05) is 33.4 Å². The number of benzene rings is 1. The number of Topliss-reactive ketones (excluding diaryl/α,β-unsaturated/α-hetero) is 3. The zero-order chi connectivity index (χ0) is 31.2. The Balaban J connectivity index is 1.41. The summed E-state index contributed by atoms with van der Waals surface area (Å²) in [6.07, 6.45) is 4.63. The minimum atomic E-state index is -2.69. The van der Waals surface area contributed by atoms with E-state index in [4.69, 9.17) is 9.47 Å². The second-order valence-electron chi connectivity index (χ2n) is 13.0. The number of amides is 1. The highest BCUT2D eigenvalue weighted by Gasteiger charge is 2.50. The van der Waals surface area contributed by atoms with Gasteiger partial charge in [-0.3, -0.25) is 24.1 Å². The third-order valence-corrected chi connectivity index (χ3v) is 9.28. The van der Waals surface area contributed by atoms with E-state index in [-0.39, 0.29) is 69.1 Å². The number of hydrogen-bond acceptors (Lipinski definition) is 7. The van der Waals surface area contributed by atoms with Gasteiger partial charge in [0, 0.05) is 50.6 Å². The normalized spacial score (nSPS) is 24.1. The first-order valence-corrected chi connectivity index (χ1v) is 15.6. The van der Waals surface area contributed by atoms with Crippen LogP contribution in [0, 0.1) is 17.8 Å². The van der Waals surface area contributed by atoms with E-state index >= 15 is 0 Å². The van der Waals surface area contributed by atoms with E-state index in [1.165, 1.54) is 0 Å². The number of halogens is 2. The van der Waals surface area contributed by atoms with E-state index in [9.17, 15) is 28.0 Å². The second kappa shape index (κ2) is 14.4. The minimum Gasteiger partial charge on any atom is -0.497 e. The number of ketones is 3. The van der Waals surface area contributed by atoms with Gasteiger partial charge in [0.15, 0.2) is 11.6 Å². The van der Waals surface area contributed by atoms with E-state index in [2.05, 4.69) is 5.32 Å². The maximum atomic E-state index is 13.8. The van der Waals surface area contributed by atoms with Crippen LogP contribution in [-0.4, -0.2) is 79.1 Å². The van der Waals surface area contributed by atoms with E-state index in [1.807, 2.05) is 12.1 Å². The van der Waals surface area contributed by atoms with Gasteiger partial charge in [0.2, 0.25) is 5.91 Å². The lowest BCUT2D eigenvalue weighted by atomic mass is 9.81. The first-order chi connectivity index (χ1) is 20.4. The molecule has 0 aromatic heterocycles. The lowest BCUT2D eigenvalue weighted by Crippen LogP contribution is -2.46. The molecule has 3 fully saturated rings. The molecule has 0 radical (unpaired) electrons. The molecule has 43 heavy (non-hydrogen) atoms. The lowest BCUT2D eigenvalue weighted by Gasteiger charge is -2.31. The van der Waals surface area contributed by atoms with Gasteiger partial charge in [-0.1, -0.05) is 44.7 Å². The van der Waals surface area contributed by atoms with Crippen LogP contribution in [0.1, 0.15) is 77.2 Å². The van der Waals surface area contributed by atoms with Crippen LogP contribution < -0.4 is 10.1 Å². The van der Waals surface area contributed by atoms with Gasteiger partial charge in [0.05, 0.1) is 26.3 Å². The molecule has 1 N–H and O–H groups in total. The Morgan fingerprint density at radius 3 is 2.28 bits per heavy atom. The molecule has 2 aliphatic heterocycles. The topological polar surface area (TPSA) is 105 Å². The van der Waals surface area contributed by atoms with Gasteiger partial charge in [-0.25, -0.2) is 8.78 Å². The van der Waals surface area contributed by atoms with Crippen molar-refractivity contribution in [3.8, 4) is 5.75 Å². The zero-order valence-electron chi connectivity index (χ0n) is 25.7. The number of likely N-dealkylation sites (tertiary alicyclic amines) is 1. The molecule has 2 saturated heterocycles. The van der Waals surface area contributed by atoms with Crippen molar-refractivity contribution in [3.05, 3.63) is 29.8 Å². The number of nitrogens with one attached hydrogen (secondary N) is 1. The fourth-order valence-corrected chi connectivity index (χ4v) is 6.34. The Hall–Kier alpha value is -2.72. The Morgan fingerprint density at radius 2 is 1.70 bits per heavy atom. The highest BCUT2D eigenvalue weighted by Crippen LogP contribution is 2.37. The average molecular weight is 605 g/mol. The largest absolute Gasteiger partial charge is 0.497 e. The number of rotatable bonds is 16. The minimum absolute atomic E-state index is 0.0162. The molecule has 2 heterocycles. The molecule has 1 saturated carbocycles.